The summed E-state index contributed by atoms with van der Waals surface area (Å²) in [6, 6.07) is 10.2. The molecule has 1 aromatic carbocycles. The largest absolute Gasteiger partial charge is 0.497 e. The summed E-state index contributed by atoms with van der Waals surface area (Å²) < 4.78 is 5.21. The van der Waals surface area contributed by atoms with Gasteiger partial charge in [-0.3, -0.25) is 4.79 Å². The van der Waals surface area contributed by atoms with Crippen LogP contribution in [0.4, 0.5) is 0 Å². The van der Waals surface area contributed by atoms with Crippen molar-refractivity contribution < 1.29 is 9.53 Å². The lowest BCUT2D eigenvalue weighted by Gasteiger charge is -2.30. The minimum Gasteiger partial charge on any atom is -0.497 e. The highest BCUT2D eigenvalue weighted by atomic mass is 35.5. The molecular formula is C19H25ClN2O2S. The van der Waals surface area contributed by atoms with Crippen LogP contribution in [0.1, 0.15) is 27.9 Å². The zero-order valence-corrected chi connectivity index (χ0v) is 16.4. The molecule has 136 valence electrons. The molecule has 3 rings (SSSR count). The summed E-state index contributed by atoms with van der Waals surface area (Å²) in [5, 5.41) is 6.54. The summed E-state index contributed by atoms with van der Waals surface area (Å²) in [6.45, 7) is 6.15. The standard InChI is InChI=1S/C19H24N2O2S.ClH/c1-12-8-9-20-11-17(12)21-19(22)18-10-16(13(2)24-18)14-4-6-15(23-3)7-5-14;/h4-7,10,12,17,20H,8-9,11H2,1-3H3,(H,21,22);1H. The molecule has 2 heterocycles. The van der Waals surface area contributed by atoms with Gasteiger partial charge in [0.1, 0.15) is 5.75 Å². The third-order valence-corrected chi connectivity index (χ3v) is 5.74. The van der Waals surface area contributed by atoms with Gasteiger partial charge in [-0.2, -0.15) is 0 Å². The molecule has 2 N–H and O–H groups in total. The first kappa shape index (κ1) is 19.8. The van der Waals surface area contributed by atoms with E-state index in [4.69, 9.17) is 4.74 Å². The average molecular weight is 381 g/mol. The maximum absolute atomic E-state index is 12.6. The monoisotopic (exact) mass is 380 g/mol. The summed E-state index contributed by atoms with van der Waals surface area (Å²) in [5.41, 5.74) is 2.22. The highest BCUT2D eigenvalue weighted by Gasteiger charge is 2.24. The van der Waals surface area contributed by atoms with E-state index in [9.17, 15) is 4.79 Å². The second kappa shape index (κ2) is 8.70. The summed E-state index contributed by atoms with van der Waals surface area (Å²) >= 11 is 1.55. The van der Waals surface area contributed by atoms with Gasteiger partial charge in [-0.25, -0.2) is 0 Å². The number of piperidine rings is 1. The van der Waals surface area contributed by atoms with Crippen LogP contribution in [0.5, 0.6) is 5.75 Å². The molecule has 6 heteroatoms. The first-order valence-electron chi connectivity index (χ1n) is 8.35. The molecule has 2 unspecified atom stereocenters. The number of thiophene rings is 1. The number of ether oxygens (including phenoxy) is 1. The van der Waals surface area contributed by atoms with Crippen LogP contribution < -0.4 is 15.4 Å². The topological polar surface area (TPSA) is 50.4 Å². The van der Waals surface area contributed by atoms with Crippen LogP contribution in [-0.2, 0) is 0 Å². The fourth-order valence-electron chi connectivity index (χ4n) is 3.07. The molecule has 0 spiro atoms. The molecule has 1 aliphatic heterocycles. The molecule has 25 heavy (non-hydrogen) atoms. The third kappa shape index (κ3) is 4.54. The molecule has 1 aliphatic rings. The van der Waals surface area contributed by atoms with E-state index in [1.54, 1.807) is 18.4 Å². The molecule has 0 aliphatic carbocycles. The highest BCUT2D eigenvalue weighted by molar-refractivity contribution is 7.14. The number of carbonyl (C=O) groups is 1. The van der Waals surface area contributed by atoms with E-state index < -0.39 is 0 Å². The van der Waals surface area contributed by atoms with Gasteiger partial charge in [-0.1, -0.05) is 19.1 Å². The Kier molecular flexibility index (Phi) is 6.87. The van der Waals surface area contributed by atoms with Crippen LogP contribution in [0, 0.1) is 12.8 Å². The van der Waals surface area contributed by atoms with Crippen LogP contribution in [0.15, 0.2) is 30.3 Å². The summed E-state index contributed by atoms with van der Waals surface area (Å²) in [7, 11) is 1.66. The van der Waals surface area contributed by atoms with Crippen molar-refractivity contribution in [2.75, 3.05) is 20.2 Å². The maximum atomic E-state index is 12.6. The number of nitrogens with one attached hydrogen (secondary N) is 2. The smallest absolute Gasteiger partial charge is 0.261 e. The Morgan fingerprint density at radius 2 is 2.04 bits per heavy atom. The van der Waals surface area contributed by atoms with E-state index in [0.29, 0.717) is 5.92 Å². The summed E-state index contributed by atoms with van der Waals surface area (Å²) in [4.78, 5) is 14.5. The van der Waals surface area contributed by atoms with E-state index in [0.717, 1.165) is 46.1 Å². The second-order valence-electron chi connectivity index (χ2n) is 6.36. The Morgan fingerprint density at radius 3 is 2.68 bits per heavy atom. The van der Waals surface area contributed by atoms with E-state index in [1.807, 2.05) is 30.3 Å². The first-order chi connectivity index (χ1) is 11.6. The molecule has 0 saturated carbocycles. The Bertz CT molecular complexity index is 715. The van der Waals surface area contributed by atoms with Crippen molar-refractivity contribution in [2.45, 2.75) is 26.3 Å². The molecule has 1 aromatic heterocycles. The zero-order chi connectivity index (χ0) is 17.1. The van der Waals surface area contributed by atoms with Crippen molar-refractivity contribution in [3.05, 3.63) is 40.1 Å². The minimum absolute atomic E-state index is 0. The van der Waals surface area contributed by atoms with E-state index in [1.165, 1.54) is 0 Å². The Morgan fingerprint density at radius 1 is 1.32 bits per heavy atom. The van der Waals surface area contributed by atoms with E-state index >= 15 is 0 Å². The van der Waals surface area contributed by atoms with Gasteiger partial charge >= 0.3 is 0 Å². The van der Waals surface area contributed by atoms with Crippen molar-refractivity contribution in [1.82, 2.24) is 10.6 Å². The number of methoxy groups -OCH3 is 1. The quantitative estimate of drug-likeness (QED) is 0.846. The van der Waals surface area contributed by atoms with Crippen LogP contribution >= 0.6 is 23.7 Å². The van der Waals surface area contributed by atoms with Crippen molar-refractivity contribution >= 4 is 29.7 Å². The number of carbonyl (C=O) groups excluding carboxylic acids is 1. The Hall–Kier alpha value is -1.56. The van der Waals surface area contributed by atoms with Crippen LogP contribution in [0.25, 0.3) is 11.1 Å². The summed E-state index contributed by atoms with van der Waals surface area (Å²) in [5.74, 6) is 1.38. The molecule has 2 atom stereocenters. The van der Waals surface area contributed by atoms with Gasteiger partial charge in [-0.05, 0) is 55.1 Å². The van der Waals surface area contributed by atoms with Gasteiger partial charge < -0.3 is 15.4 Å². The van der Waals surface area contributed by atoms with Crippen molar-refractivity contribution in [2.24, 2.45) is 5.92 Å². The van der Waals surface area contributed by atoms with Crippen LogP contribution in [0.2, 0.25) is 0 Å². The number of halogens is 1. The van der Waals surface area contributed by atoms with E-state index in [2.05, 4.69) is 24.5 Å². The zero-order valence-electron chi connectivity index (χ0n) is 14.8. The minimum atomic E-state index is 0. The average Bonchev–Trinajstić information content (AvgIpc) is 2.99. The van der Waals surface area contributed by atoms with Crippen LogP contribution in [0.3, 0.4) is 0 Å². The van der Waals surface area contributed by atoms with Gasteiger partial charge in [0, 0.05) is 17.5 Å². The SMILES string of the molecule is COc1ccc(-c2cc(C(=O)NC3CNCCC3C)sc2C)cc1.Cl. The van der Waals surface area contributed by atoms with Crippen molar-refractivity contribution in [3.63, 3.8) is 0 Å². The molecule has 4 nitrogen and oxygen atoms in total. The maximum Gasteiger partial charge on any atom is 0.261 e. The predicted molar refractivity (Wildman–Crippen MR) is 106 cm³/mol. The normalized spacial score (nSPS) is 19.8. The molecule has 2 aromatic rings. The molecule has 0 radical (unpaired) electrons. The fourth-order valence-corrected chi connectivity index (χ4v) is 4.02. The molecule has 1 fully saturated rings. The molecule has 1 amide bonds. The lowest BCUT2D eigenvalue weighted by molar-refractivity contribution is 0.0919. The van der Waals surface area contributed by atoms with Crippen molar-refractivity contribution in [3.8, 4) is 16.9 Å². The third-order valence-electron chi connectivity index (χ3n) is 4.69. The lowest BCUT2D eigenvalue weighted by atomic mass is 9.95. The molecule has 1 saturated heterocycles. The number of hydrogen-bond acceptors (Lipinski definition) is 4. The van der Waals surface area contributed by atoms with Gasteiger partial charge in [0.2, 0.25) is 0 Å². The number of aryl methyl sites for hydroxylation is 1. The Labute approximate surface area is 159 Å². The van der Waals surface area contributed by atoms with Gasteiger partial charge in [0.25, 0.3) is 5.91 Å². The number of amides is 1. The van der Waals surface area contributed by atoms with Crippen molar-refractivity contribution in [1.29, 1.82) is 0 Å². The van der Waals surface area contributed by atoms with Gasteiger partial charge in [0.15, 0.2) is 0 Å². The highest BCUT2D eigenvalue weighted by Crippen LogP contribution is 2.32. The Balaban J connectivity index is 0.00000225. The lowest BCUT2D eigenvalue weighted by Crippen LogP contribution is -2.50. The second-order valence-corrected chi connectivity index (χ2v) is 7.62. The van der Waals surface area contributed by atoms with Gasteiger partial charge in [0.05, 0.1) is 12.0 Å². The van der Waals surface area contributed by atoms with Gasteiger partial charge in [-0.15, -0.1) is 23.7 Å². The number of hydrogen-bond donors (Lipinski definition) is 2. The number of benzene rings is 1. The predicted octanol–water partition coefficient (Wildman–Crippen LogP) is 3.88. The molecule has 0 bridgehead atoms. The fraction of sp³-hybridized carbons (Fsp3) is 0.421. The number of rotatable bonds is 4. The first-order valence-corrected chi connectivity index (χ1v) is 9.16. The van der Waals surface area contributed by atoms with Crippen LogP contribution in [-0.4, -0.2) is 32.1 Å². The van der Waals surface area contributed by atoms with E-state index in [-0.39, 0.29) is 24.4 Å². The molecular weight excluding hydrogens is 356 g/mol. The summed E-state index contributed by atoms with van der Waals surface area (Å²) in [6.07, 6.45) is 1.10.